The summed E-state index contributed by atoms with van der Waals surface area (Å²) in [4.78, 5) is 22.4. The number of anilines is 1. The van der Waals surface area contributed by atoms with Crippen molar-refractivity contribution in [3.05, 3.63) is 82.0 Å². The Morgan fingerprint density at radius 1 is 1.03 bits per heavy atom. The Balaban J connectivity index is 1.17. The lowest BCUT2D eigenvalue weighted by Gasteiger charge is -2.32. The summed E-state index contributed by atoms with van der Waals surface area (Å²) in [5.74, 6) is 0.862. The van der Waals surface area contributed by atoms with Crippen LogP contribution < -0.4 is 5.32 Å². The maximum Gasteiger partial charge on any atom is 0.253 e. The van der Waals surface area contributed by atoms with Gasteiger partial charge in [-0.25, -0.2) is 4.98 Å². The van der Waals surface area contributed by atoms with E-state index in [1.54, 1.807) is 16.8 Å². The van der Waals surface area contributed by atoms with Crippen LogP contribution in [0, 0.1) is 0 Å². The maximum atomic E-state index is 13.2. The first-order chi connectivity index (χ1) is 18.5. The second-order valence-corrected chi connectivity index (χ2v) is 10.5. The molecule has 2 aliphatic heterocycles. The van der Waals surface area contributed by atoms with Crippen LogP contribution in [-0.4, -0.2) is 75.7 Å². The minimum Gasteiger partial charge on any atom is -0.379 e. The van der Waals surface area contributed by atoms with E-state index in [1.165, 1.54) is 0 Å². The van der Waals surface area contributed by atoms with Gasteiger partial charge in [-0.1, -0.05) is 41.4 Å². The highest BCUT2D eigenvalue weighted by Crippen LogP contribution is 2.26. The molecule has 38 heavy (non-hydrogen) atoms. The molecule has 2 aromatic heterocycles. The Labute approximate surface area is 231 Å². The zero-order valence-corrected chi connectivity index (χ0v) is 22.3. The van der Waals surface area contributed by atoms with Crippen LogP contribution in [0.5, 0.6) is 0 Å². The van der Waals surface area contributed by atoms with Gasteiger partial charge in [-0.15, -0.1) is 0 Å². The lowest BCUT2D eigenvalue weighted by atomic mass is 10.1. The van der Waals surface area contributed by atoms with Crippen LogP contribution in [0.15, 0.2) is 60.8 Å². The molecule has 8 nitrogen and oxygen atoms in total. The summed E-state index contributed by atoms with van der Waals surface area (Å²) < 4.78 is 7.23. The number of morpholine rings is 1. The van der Waals surface area contributed by atoms with Crippen molar-refractivity contribution in [1.82, 2.24) is 24.4 Å². The zero-order valence-electron chi connectivity index (χ0n) is 20.8. The number of hydrogen-bond acceptors (Lipinski definition) is 6. The van der Waals surface area contributed by atoms with Gasteiger partial charge >= 0.3 is 0 Å². The number of nitrogens with zero attached hydrogens (tertiary/aromatic N) is 5. The highest BCUT2D eigenvalue weighted by molar-refractivity contribution is 6.35. The molecule has 0 radical (unpaired) electrons. The number of benzene rings is 2. The molecule has 1 N–H and O–H groups in total. The lowest BCUT2D eigenvalue weighted by molar-refractivity contribution is 0.0185. The minimum atomic E-state index is 0.0775. The van der Waals surface area contributed by atoms with Gasteiger partial charge in [0, 0.05) is 72.1 Å². The van der Waals surface area contributed by atoms with Gasteiger partial charge in [0.05, 0.1) is 25.1 Å². The molecule has 6 rings (SSSR count). The molecule has 0 aliphatic carbocycles. The highest BCUT2D eigenvalue weighted by Gasteiger charge is 2.31. The largest absolute Gasteiger partial charge is 0.379 e. The summed E-state index contributed by atoms with van der Waals surface area (Å²) >= 11 is 12.4. The Morgan fingerprint density at radius 3 is 2.63 bits per heavy atom. The van der Waals surface area contributed by atoms with Crippen molar-refractivity contribution in [2.24, 2.45) is 0 Å². The van der Waals surface area contributed by atoms with Gasteiger partial charge in [0.15, 0.2) is 5.65 Å². The van der Waals surface area contributed by atoms with Crippen LogP contribution in [-0.2, 0) is 11.3 Å². The second kappa shape index (κ2) is 10.9. The quantitative estimate of drug-likeness (QED) is 0.369. The van der Waals surface area contributed by atoms with Crippen molar-refractivity contribution >= 4 is 40.6 Å². The number of fused-ring (bicyclic) bond motifs is 1. The van der Waals surface area contributed by atoms with Crippen molar-refractivity contribution in [1.29, 1.82) is 0 Å². The Kier molecular flexibility index (Phi) is 7.21. The van der Waals surface area contributed by atoms with E-state index in [0.717, 1.165) is 74.1 Å². The van der Waals surface area contributed by atoms with Gasteiger partial charge in [0.2, 0.25) is 0 Å². The molecule has 1 atom stereocenters. The van der Waals surface area contributed by atoms with Crippen molar-refractivity contribution in [2.45, 2.75) is 19.0 Å². The number of aromatic nitrogens is 3. The van der Waals surface area contributed by atoms with Crippen LogP contribution in [0.25, 0.3) is 16.9 Å². The van der Waals surface area contributed by atoms with Gasteiger partial charge in [-0.05, 0) is 36.2 Å². The van der Waals surface area contributed by atoms with E-state index in [9.17, 15) is 4.79 Å². The van der Waals surface area contributed by atoms with E-state index < -0.39 is 0 Å². The Morgan fingerprint density at radius 2 is 1.84 bits per heavy atom. The maximum absolute atomic E-state index is 13.2. The third kappa shape index (κ3) is 5.22. The predicted molar refractivity (Wildman–Crippen MR) is 149 cm³/mol. The molecule has 0 unspecified atom stereocenters. The number of halogens is 2. The first-order valence-electron chi connectivity index (χ1n) is 12.8. The summed E-state index contributed by atoms with van der Waals surface area (Å²) in [6.45, 7) is 5.50. The molecule has 2 saturated heterocycles. The van der Waals surface area contributed by atoms with E-state index in [4.69, 9.17) is 32.9 Å². The number of nitrogens with one attached hydrogen (secondary N) is 1. The molecule has 2 fully saturated rings. The fourth-order valence-electron chi connectivity index (χ4n) is 5.17. The molecule has 1 amide bonds. The summed E-state index contributed by atoms with van der Waals surface area (Å²) in [7, 11) is 0. The summed E-state index contributed by atoms with van der Waals surface area (Å²) in [6, 6.07) is 17.4. The normalized spacial score (nSPS) is 18.3. The molecular weight excluding hydrogens is 523 g/mol. The zero-order chi connectivity index (χ0) is 26.1. The number of amides is 1. The number of ether oxygens (including phenoxy) is 1. The van der Waals surface area contributed by atoms with Crippen molar-refractivity contribution in [3.8, 4) is 11.3 Å². The first kappa shape index (κ1) is 25.1. The van der Waals surface area contributed by atoms with E-state index in [2.05, 4.69) is 15.3 Å². The fourth-order valence-corrected chi connectivity index (χ4v) is 5.65. The SMILES string of the molecule is O=C(c1ccc(-c2cc(NCc3ccc(Cl)cc3Cl)n3nccc3n2)cc1)N1CC[C@H](N2CCOCC2)C1. The van der Waals surface area contributed by atoms with Gasteiger partial charge in [0.25, 0.3) is 5.91 Å². The monoisotopic (exact) mass is 550 g/mol. The average Bonchev–Trinajstić information content (AvgIpc) is 3.63. The molecule has 0 spiro atoms. The van der Waals surface area contributed by atoms with E-state index in [-0.39, 0.29) is 5.91 Å². The van der Waals surface area contributed by atoms with Crippen LogP contribution in [0.2, 0.25) is 10.0 Å². The van der Waals surface area contributed by atoms with Gasteiger partial charge in [-0.2, -0.15) is 9.61 Å². The van der Waals surface area contributed by atoms with E-state index in [0.29, 0.717) is 28.2 Å². The second-order valence-electron chi connectivity index (χ2n) is 9.64. The fraction of sp³-hybridized carbons (Fsp3) is 0.321. The molecule has 2 aliphatic rings. The van der Waals surface area contributed by atoms with Crippen molar-refractivity contribution < 1.29 is 9.53 Å². The third-order valence-electron chi connectivity index (χ3n) is 7.27. The number of carbonyl (C=O) groups is 1. The summed E-state index contributed by atoms with van der Waals surface area (Å²) in [6.07, 6.45) is 2.73. The topological polar surface area (TPSA) is 75.0 Å². The van der Waals surface area contributed by atoms with Crippen molar-refractivity contribution in [3.63, 3.8) is 0 Å². The Bertz CT molecular complexity index is 1450. The average molecular weight is 551 g/mol. The Hall–Kier alpha value is -3.17. The van der Waals surface area contributed by atoms with Crippen LogP contribution >= 0.6 is 23.2 Å². The summed E-state index contributed by atoms with van der Waals surface area (Å²) in [5, 5.41) is 9.02. The minimum absolute atomic E-state index is 0.0775. The van der Waals surface area contributed by atoms with Crippen molar-refractivity contribution in [2.75, 3.05) is 44.7 Å². The van der Waals surface area contributed by atoms with Crippen LogP contribution in [0.4, 0.5) is 5.82 Å². The van der Waals surface area contributed by atoms with Gasteiger partial charge in [0.1, 0.15) is 5.82 Å². The van der Waals surface area contributed by atoms with E-state index in [1.807, 2.05) is 53.4 Å². The smallest absolute Gasteiger partial charge is 0.253 e. The summed E-state index contributed by atoms with van der Waals surface area (Å²) in [5.41, 5.74) is 4.05. The first-order valence-corrected chi connectivity index (χ1v) is 13.5. The van der Waals surface area contributed by atoms with Crippen LogP contribution in [0.1, 0.15) is 22.3 Å². The number of hydrogen-bond donors (Lipinski definition) is 1. The third-order valence-corrected chi connectivity index (χ3v) is 7.86. The molecule has 2 aromatic carbocycles. The van der Waals surface area contributed by atoms with E-state index >= 15 is 0 Å². The molecule has 10 heteroatoms. The number of carbonyl (C=O) groups excluding carboxylic acids is 1. The number of likely N-dealkylation sites (tertiary alicyclic amines) is 1. The molecule has 0 saturated carbocycles. The van der Waals surface area contributed by atoms with Gasteiger partial charge in [-0.3, -0.25) is 9.69 Å². The van der Waals surface area contributed by atoms with Crippen LogP contribution in [0.3, 0.4) is 0 Å². The molecule has 4 heterocycles. The van der Waals surface area contributed by atoms with Gasteiger partial charge < -0.3 is 15.0 Å². The molecule has 0 bridgehead atoms. The lowest BCUT2D eigenvalue weighted by Crippen LogP contribution is -2.45. The molecular formula is C28H28Cl2N6O2. The molecule has 196 valence electrons. The standard InChI is InChI=1S/C28H28Cl2N6O2/c29-22-6-5-21(24(30)15-22)17-31-27-16-25(33-26-7-9-32-36(26)27)19-1-3-20(4-2-19)28(37)35-10-8-23(18-35)34-11-13-38-14-12-34/h1-7,9,15-16,23,31H,8,10-14,17-18H2/t23-/m0/s1. The molecule has 4 aromatic rings. The number of rotatable bonds is 6. The highest BCUT2D eigenvalue weighted by atomic mass is 35.5. The predicted octanol–water partition coefficient (Wildman–Crippen LogP) is 4.86.